The van der Waals surface area contributed by atoms with Gasteiger partial charge < -0.3 is 5.11 Å². The van der Waals surface area contributed by atoms with Gasteiger partial charge in [-0.25, -0.2) is 14.2 Å². The fourth-order valence-corrected chi connectivity index (χ4v) is 1.63. The highest BCUT2D eigenvalue weighted by molar-refractivity contribution is 5.86. The molecule has 1 aromatic heterocycles. The number of hydrogen-bond donors (Lipinski definition) is 1. The van der Waals surface area contributed by atoms with Gasteiger partial charge >= 0.3 is 12.1 Å². The summed E-state index contributed by atoms with van der Waals surface area (Å²) < 4.78 is 51.2. The number of rotatable bonds is 2. The molecule has 0 radical (unpaired) electrons. The molecule has 0 bridgehead atoms. The fourth-order valence-electron chi connectivity index (χ4n) is 1.63. The number of hydrogen-bond acceptors (Lipinski definition) is 2. The average molecular weight is 285 g/mol. The normalized spacial score (nSPS) is 11.4. The van der Waals surface area contributed by atoms with Gasteiger partial charge in [-0.3, -0.25) is 0 Å². The van der Waals surface area contributed by atoms with Crippen molar-refractivity contribution in [3.63, 3.8) is 0 Å². The van der Waals surface area contributed by atoms with Crippen LogP contribution in [0.1, 0.15) is 16.1 Å². The van der Waals surface area contributed by atoms with Crippen LogP contribution in [0.25, 0.3) is 11.1 Å². The number of carbonyl (C=O) groups is 1. The molecule has 1 heterocycles. The number of halogens is 4. The van der Waals surface area contributed by atoms with Crippen LogP contribution in [0, 0.1) is 5.82 Å². The van der Waals surface area contributed by atoms with Crippen molar-refractivity contribution in [2.24, 2.45) is 0 Å². The molecule has 2 rings (SSSR count). The van der Waals surface area contributed by atoms with E-state index in [2.05, 4.69) is 4.98 Å². The summed E-state index contributed by atoms with van der Waals surface area (Å²) in [6, 6.07) is 5.11. The molecule has 0 aliphatic carbocycles. The minimum atomic E-state index is -4.51. The van der Waals surface area contributed by atoms with E-state index in [0.29, 0.717) is 0 Å². The molecule has 2 aromatic rings. The van der Waals surface area contributed by atoms with Gasteiger partial charge in [0.2, 0.25) is 0 Å². The lowest BCUT2D eigenvalue weighted by molar-refractivity contribution is -0.137. The molecular weight excluding hydrogens is 278 g/mol. The fraction of sp³-hybridized carbons (Fsp3) is 0.0769. The lowest BCUT2D eigenvalue weighted by Gasteiger charge is -2.09. The maximum atomic E-state index is 13.5. The number of alkyl halides is 3. The first-order valence-electron chi connectivity index (χ1n) is 5.35. The molecule has 0 amide bonds. The largest absolute Gasteiger partial charge is 0.476 e. The zero-order valence-corrected chi connectivity index (χ0v) is 9.78. The van der Waals surface area contributed by atoms with Gasteiger partial charge in [-0.1, -0.05) is 12.1 Å². The Morgan fingerprint density at radius 3 is 2.40 bits per heavy atom. The predicted octanol–water partition coefficient (Wildman–Crippen LogP) is 3.60. The van der Waals surface area contributed by atoms with Crippen LogP contribution in [-0.2, 0) is 6.18 Å². The molecule has 20 heavy (non-hydrogen) atoms. The van der Waals surface area contributed by atoms with Crippen LogP contribution in [0.5, 0.6) is 0 Å². The van der Waals surface area contributed by atoms with Gasteiger partial charge in [0.1, 0.15) is 0 Å². The third-order valence-electron chi connectivity index (χ3n) is 2.57. The number of carboxylic acid groups (broad SMARTS) is 1. The SMILES string of the molecule is O=C(O)c1ncc(-c2cccc(C(F)(F)F)c2)cc1F. The monoisotopic (exact) mass is 285 g/mol. The first-order valence-corrected chi connectivity index (χ1v) is 5.35. The quantitative estimate of drug-likeness (QED) is 0.858. The minimum absolute atomic E-state index is 0.0681. The highest BCUT2D eigenvalue weighted by atomic mass is 19.4. The Balaban J connectivity index is 2.47. The molecule has 0 saturated heterocycles. The number of carboxylic acids is 1. The summed E-state index contributed by atoms with van der Waals surface area (Å²) in [4.78, 5) is 14.0. The zero-order valence-electron chi connectivity index (χ0n) is 9.78. The van der Waals surface area contributed by atoms with Crippen molar-refractivity contribution in [2.75, 3.05) is 0 Å². The smallest absolute Gasteiger partial charge is 0.416 e. The second-order valence-corrected chi connectivity index (χ2v) is 3.94. The first-order chi connectivity index (χ1) is 9.29. The summed E-state index contributed by atoms with van der Waals surface area (Å²) in [5, 5.41) is 8.63. The van der Waals surface area contributed by atoms with Crippen molar-refractivity contribution in [3.05, 3.63) is 53.6 Å². The maximum absolute atomic E-state index is 13.5. The lowest BCUT2D eigenvalue weighted by Crippen LogP contribution is -2.05. The zero-order chi connectivity index (χ0) is 14.9. The van der Waals surface area contributed by atoms with Crippen molar-refractivity contribution in [3.8, 4) is 11.1 Å². The molecule has 1 N–H and O–H groups in total. The molecule has 0 aliphatic rings. The van der Waals surface area contributed by atoms with Crippen LogP contribution in [0.15, 0.2) is 36.5 Å². The van der Waals surface area contributed by atoms with E-state index in [1.54, 1.807) is 0 Å². The molecule has 0 aliphatic heterocycles. The summed E-state index contributed by atoms with van der Waals surface area (Å²) in [5.41, 5.74) is -1.49. The Kier molecular flexibility index (Phi) is 3.44. The van der Waals surface area contributed by atoms with E-state index in [1.165, 1.54) is 12.1 Å². The Labute approximate surface area is 110 Å². The van der Waals surface area contributed by atoms with Gasteiger partial charge in [-0.15, -0.1) is 0 Å². The first kappa shape index (κ1) is 14.0. The Bertz CT molecular complexity index is 668. The summed E-state index contributed by atoms with van der Waals surface area (Å²) in [6.45, 7) is 0. The molecule has 0 atom stereocenters. The number of nitrogens with zero attached hydrogens (tertiary/aromatic N) is 1. The third kappa shape index (κ3) is 2.76. The Hall–Kier alpha value is -2.44. The van der Waals surface area contributed by atoms with Crippen LogP contribution in [0.2, 0.25) is 0 Å². The standard InChI is InChI=1S/C13H7F4NO2/c14-10-5-8(6-18-11(10)12(19)20)7-2-1-3-9(4-7)13(15,16)17/h1-6H,(H,19,20). The summed E-state index contributed by atoms with van der Waals surface area (Å²) in [5.74, 6) is -2.65. The highest BCUT2D eigenvalue weighted by Gasteiger charge is 2.30. The van der Waals surface area contributed by atoms with E-state index < -0.39 is 29.2 Å². The molecule has 0 unspecified atom stereocenters. The summed E-state index contributed by atoms with van der Waals surface area (Å²) >= 11 is 0. The molecule has 0 spiro atoms. The minimum Gasteiger partial charge on any atom is -0.476 e. The second-order valence-electron chi connectivity index (χ2n) is 3.94. The van der Waals surface area contributed by atoms with Gasteiger partial charge in [-0.2, -0.15) is 13.2 Å². The lowest BCUT2D eigenvalue weighted by atomic mass is 10.0. The van der Waals surface area contributed by atoms with Gasteiger partial charge in [-0.05, 0) is 23.8 Å². The highest BCUT2D eigenvalue weighted by Crippen LogP contribution is 2.32. The molecule has 0 saturated carbocycles. The van der Waals surface area contributed by atoms with E-state index in [0.717, 1.165) is 24.4 Å². The van der Waals surface area contributed by atoms with Crippen molar-refractivity contribution >= 4 is 5.97 Å². The molecule has 7 heteroatoms. The Morgan fingerprint density at radius 1 is 1.15 bits per heavy atom. The third-order valence-corrected chi connectivity index (χ3v) is 2.57. The molecule has 0 fully saturated rings. The maximum Gasteiger partial charge on any atom is 0.416 e. The number of pyridine rings is 1. The van der Waals surface area contributed by atoms with E-state index in [-0.39, 0.29) is 11.1 Å². The molecular formula is C13H7F4NO2. The van der Waals surface area contributed by atoms with Crippen molar-refractivity contribution < 1.29 is 27.5 Å². The van der Waals surface area contributed by atoms with Gasteiger partial charge in [0.15, 0.2) is 11.5 Å². The molecule has 3 nitrogen and oxygen atoms in total. The van der Waals surface area contributed by atoms with Crippen LogP contribution in [-0.4, -0.2) is 16.1 Å². The van der Waals surface area contributed by atoms with Crippen molar-refractivity contribution in [1.82, 2.24) is 4.98 Å². The Morgan fingerprint density at radius 2 is 1.85 bits per heavy atom. The number of aromatic carboxylic acids is 1. The van der Waals surface area contributed by atoms with E-state index in [1.807, 2.05) is 0 Å². The van der Waals surface area contributed by atoms with Gasteiger partial charge in [0, 0.05) is 11.8 Å². The number of aromatic nitrogens is 1. The van der Waals surface area contributed by atoms with Gasteiger partial charge in [0.25, 0.3) is 0 Å². The molecule has 1 aromatic carbocycles. The van der Waals surface area contributed by atoms with Crippen LogP contribution in [0.3, 0.4) is 0 Å². The predicted molar refractivity (Wildman–Crippen MR) is 61.6 cm³/mol. The second kappa shape index (κ2) is 4.92. The van der Waals surface area contributed by atoms with Crippen LogP contribution in [0.4, 0.5) is 17.6 Å². The number of benzene rings is 1. The van der Waals surface area contributed by atoms with E-state index in [9.17, 15) is 22.4 Å². The van der Waals surface area contributed by atoms with Gasteiger partial charge in [0.05, 0.1) is 5.56 Å². The van der Waals surface area contributed by atoms with Crippen LogP contribution < -0.4 is 0 Å². The van der Waals surface area contributed by atoms with Crippen LogP contribution >= 0.6 is 0 Å². The van der Waals surface area contributed by atoms with Crippen molar-refractivity contribution in [2.45, 2.75) is 6.18 Å². The molecule has 104 valence electrons. The average Bonchev–Trinajstić information content (AvgIpc) is 2.37. The summed E-state index contributed by atoms with van der Waals surface area (Å²) in [6.07, 6.45) is -3.50. The van der Waals surface area contributed by atoms with Crippen molar-refractivity contribution in [1.29, 1.82) is 0 Å². The summed E-state index contributed by atoms with van der Waals surface area (Å²) in [7, 11) is 0. The van der Waals surface area contributed by atoms with E-state index >= 15 is 0 Å². The topological polar surface area (TPSA) is 50.2 Å². The van der Waals surface area contributed by atoms with E-state index in [4.69, 9.17) is 5.11 Å².